The highest BCUT2D eigenvalue weighted by Gasteiger charge is 2.10. The van der Waals surface area contributed by atoms with E-state index in [-0.39, 0.29) is 10.8 Å². The van der Waals surface area contributed by atoms with Crippen LogP contribution in [-0.4, -0.2) is 20.9 Å². The van der Waals surface area contributed by atoms with Crippen molar-refractivity contribution >= 4 is 27.5 Å². The van der Waals surface area contributed by atoms with Gasteiger partial charge >= 0.3 is 0 Å². The SMILES string of the molecule is C=C(Cc1ccccc1Cl)C(=O)NCCc1ccc(S(N)(=O)=O)cc1. The zero-order valence-corrected chi connectivity index (χ0v) is 15.1. The largest absolute Gasteiger partial charge is 0.352 e. The first-order chi connectivity index (χ1) is 11.8. The van der Waals surface area contributed by atoms with Crippen LogP contribution in [0.1, 0.15) is 11.1 Å². The molecule has 5 nitrogen and oxygen atoms in total. The molecule has 0 unspecified atom stereocenters. The number of hydrogen-bond acceptors (Lipinski definition) is 3. The zero-order chi connectivity index (χ0) is 18.4. The Morgan fingerprint density at radius 1 is 1.12 bits per heavy atom. The van der Waals surface area contributed by atoms with Crippen molar-refractivity contribution in [3.63, 3.8) is 0 Å². The van der Waals surface area contributed by atoms with E-state index in [4.69, 9.17) is 16.7 Å². The average Bonchev–Trinajstić information content (AvgIpc) is 2.56. The van der Waals surface area contributed by atoms with Gasteiger partial charge in [0.25, 0.3) is 0 Å². The summed E-state index contributed by atoms with van der Waals surface area (Å²) in [6.07, 6.45) is 0.949. The van der Waals surface area contributed by atoms with Gasteiger partial charge in [-0.25, -0.2) is 13.6 Å². The maximum Gasteiger partial charge on any atom is 0.246 e. The van der Waals surface area contributed by atoms with Gasteiger partial charge in [-0.2, -0.15) is 0 Å². The molecule has 132 valence electrons. The molecule has 0 radical (unpaired) electrons. The zero-order valence-electron chi connectivity index (χ0n) is 13.5. The number of nitrogens with one attached hydrogen (secondary N) is 1. The van der Waals surface area contributed by atoms with E-state index >= 15 is 0 Å². The maximum atomic E-state index is 12.1. The van der Waals surface area contributed by atoms with E-state index in [9.17, 15) is 13.2 Å². The van der Waals surface area contributed by atoms with Crippen molar-refractivity contribution in [2.75, 3.05) is 6.54 Å². The van der Waals surface area contributed by atoms with Crippen LogP contribution in [0.15, 0.2) is 65.6 Å². The van der Waals surface area contributed by atoms with Crippen LogP contribution in [0.2, 0.25) is 5.02 Å². The summed E-state index contributed by atoms with van der Waals surface area (Å²) in [5, 5.41) is 8.44. The molecule has 0 fully saturated rings. The molecule has 0 aliphatic heterocycles. The van der Waals surface area contributed by atoms with E-state index in [1.807, 2.05) is 18.2 Å². The first kappa shape index (κ1) is 19.2. The topological polar surface area (TPSA) is 89.3 Å². The summed E-state index contributed by atoms with van der Waals surface area (Å²) in [5.74, 6) is -0.235. The van der Waals surface area contributed by atoms with Gasteiger partial charge in [0, 0.05) is 23.6 Å². The lowest BCUT2D eigenvalue weighted by Gasteiger charge is -2.09. The molecule has 0 spiro atoms. The fourth-order valence-corrected chi connectivity index (χ4v) is 2.96. The third-order valence-electron chi connectivity index (χ3n) is 3.63. The van der Waals surface area contributed by atoms with Gasteiger partial charge in [-0.3, -0.25) is 4.79 Å². The quantitative estimate of drug-likeness (QED) is 0.725. The van der Waals surface area contributed by atoms with E-state index in [0.717, 1.165) is 11.1 Å². The first-order valence-electron chi connectivity index (χ1n) is 7.58. The van der Waals surface area contributed by atoms with Gasteiger partial charge in [-0.05, 0) is 35.7 Å². The summed E-state index contributed by atoms with van der Waals surface area (Å²) in [5.41, 5.74) is 2.17. The van der Waals surface area contributed by atoms with Crippen LogP contribution in [0.25, 0.3) is 0 Å². The minimum atomic E-state index is -3.69. The number of carbonyl (C=O) groups excluding carboxylic acids is 1. The number of nitrogens with two attached hydrogens (primary N) is 1. The number of hydrogen-bond donors (Lipinski definition) is 2. The molecule has 0 heterocycles. The Balaban J connectivity index is 1.84. The van der Waals surface area contributed by atoms with Crippen molar-refractivity contribution in [1.82, 2.24) is 5.32 Å². The fourth-order valence-electron chi connectivity index (χ4n) is 2.24. The highest BCUT2D eigenvalue weighted by atomic mass is 35.5. The van der Waals surface area contributed by atoms with E-state index in [1.54, 1.807) is 18.2 Å². The fraction of sp³-hybridized carbons (Fsp3) is 0.167. The van der Waals surface area contributed by atoms with Gasteiger partial charge < -0.3 is 5.32 Å². The molecule has 2 rings (SSSR count). The smallest absolute Gasteiger partial charge is 0.246 e. The number of sulfonamides is 1. The van der Waals surface area contributed by atoms with Gasteiger partial charge in [-0.1, -0.05) is 48.5 Å². The summed E-state index contributed by atoms with van der Waals surface area (Å²) in [6.45, 7) is 4.22. The lowest BCUT2D eigenvalue weighted by molar-refractivity contribution is -0.117. The van der Waals surface area contributed by atoms with E-state index in [2.05, 4.69) is 11.9 Å². The third-order valence-corrected chi connectivity index (χ3v) is 4.93. The van der Waals surface area contributed by atoms with Gasteiger partial charge in [0.2, 0.25) is 15.9 Å². The molecule has 0 saturated heterocycles. The number of rotatable bonds is 7. The van der Waals surface area contributed by atoms with Crippen LogP contribution in [0, 0.1) is 0 Å². The van der Waals surface area contributed by atoms with Crippen molar-refractivity contribution in [1.29, 1.82) is 0 Å². The molecule has 25 heavy (non-hydrogen) atoms. The molecule has 0 aliphatic rings. The standard InChI is InChI=1S/C18H19ClN2O3S/c1-13(12-15-4-2-3-5-17(15)19)18(22)21-11-10-14-6-8-16(9-7-14)25(20,23)24/h2-9H,1,10-12H2,(H,21,22)(H2,20,23,24). The molecule has 0 bridgehead atoms. The molecule has 3 N–H and O–H groups in total. The predicted molar refractivity (Wildman–Crippen MR) is 98.8 cm³/mol. The minimum absolute atomic E-state index is 0.0633. The molecule has 0 atom stereocenters. The highest BCUT2D eigenvalue weighted by Crippen LogP contribution is 2.18. The van der Waals surface area contributed by atoms with Gasteiger partial charge in [0.05, 0.1) is 4.90 Å². The minimum Gasteiger partial charge on any atom is -0.352 e. The summed E-state index contributed by atoms with van der Waals surface area (Å²) in [6, 6.07) is 13.6. The van der Waals surface area contributed by atoms with E-state index in [0.29, 0.717) is 30.0 Å². The van der Waals surface area contributed by atoms with E-state index in [1.165, 1.54) is 12.1 Å². The van der Waals surface area contributed by atoms with Crippen LogP contribution < -0.4 is 10.5 Å². The molecule has 1 amide bonds. The Morgan fingerprint density at radius 3 is 2.36 bits per heavy atom. The second kappa shape index (κ2) is 8.29. The van der Waals surface area contributed by atoms with Crippen LogP contribution in [0.5, 0.6) is 0 Å². The Hall–Kier alpha value is -2.15. The summed E-state index contributed by atoms with van der Waals surface area (Å²) in [4.78, 5) is 12.1. The molecular formula is C18H19ClN2O3S. The van der Waals surface area contributed by atoms with Crippen LogP contribution in [0.3, 0.4) is 0 Å². The molecule has 2 aromatic carbocycles. The summed E-state index contributed by atoms with van der Waals surface area (Å²) < 4.78 is 22.4. The Kier molecular flexibility index (Phi) is 6.36. The Morgan fingerprint density at radius 2 is 1.76 bits per heavy atom. The van der Waals surface area contributed by atoms with Crippen molar-refractivity contribution < 1.29 is 13.2 Å². The first-order valence-corrected chi connectivity index (χ1v) is 9.51. The molecule has 0 aromatic heterocycles. The number of halogens is 1. The summed E-state index contributed by atoms with van der Waals surface area (Å²) in [7, 11) is -3.69. The van der Waals surface area contributed by atoms with Gasteiger partial charge in [-0.15, -0.1) is 0 Å². The van der Waals surface area contributed by atoms with E-state index < -0.39 is 10.0 Å². The predicted octanol–water partition coefficient (Wildman–Crippen LogP) is 2.45. The van der Waals surface area contributed by atoms with Crippen molar-refractivity contribution in [3.8, 4) is 0 Å². The van der Waals surface area contributed by atoms with Crippen molar-refractivity contribution in [2.45, 2.75) is 17.7 Å². The van der Waals surface area contributed by atoms with Gasteiger partial charge in [0.1, 0.15) is 0 Å². The molecule has 0 saturated carbocycles. The molecule has 7 heteroatoms. The van der Waals surface area contributed by atoms with Crippen LogP contribution in [0.4, 0.5) is 0 Å². The average molecular weight is 379 g/mol. The third kappa shape index (κ3) is 5.70. The number of primary sulfonamides is 1. The lowest BCUT2D eigenvalue weighted by Crippen LogP contribution is -2.27. The summed E-state index contributed by atoms with van der Waals surface area (Å²) >= 11 is 6.08. The number of amides is 1. The number of benzene rings is 2. The molecule has 2 aromatic rings. The number of carbonyl (C=O) groups is 1. The molecular weight excluding hydrogens is 360 g/mol. The van der Waals surface area contributed by atoms with Crippen LogP contribution in [-0.2, 0) is 27.7 Å². The second-order valence-corrected chi connectivity index (χ2v) is 7.54. The van der Waals surface area contributed by atoms with Crippen molar-refractivity contribution in [2.24, 2.45) is 5.14 Å². The Bertz CT molecular complexity index is 877. The highest BCUT2D eigenvalue weighted by molar-refractivity contribution is 7.89. The van der Waals surface area contributed by atoms with Crippen LogP contribution >= 0.6 is 11.6 Å². The normalized spacial score (nSPS) is 11.1. The monoisotopic (exact) mass is 378 g/mol. The van der Waals surface area contributed by atoms with Gasteiger partial charge in [0.15, 0.2) is 0 Å². The maximum absolute atomic E-state index is 12.1. The lowest BCUT2D eigenvalue weighted by atomic mass is 10.1. The Labute approximate surface area is 152 Å². The van der Waals surface area contributed by atoms with Crippen molar-refractivity contribution in [3.05, 3.63) is 76.8 Å². The second-order valence-electron chi connectivity index (χ2n) is 5.57. The molecule has 0 aliphatic carbocycles.